The van der Waals surface area contributed by atoms with Gasteiger partial charge in [-0.3, -0.25) is 0 Å². The molecule has 142 valence electrons. The molecular formula is C21H24N2O2S2. The number of rotatable bonds is 6. The molecule has 0 amide bonds. The predicted molar refractivity (Wildman–Crippen MR) is 118 cm³/mol. The first-order valence-electron chi connectivity index (χ1n) is 8.40. The molecule has 2 aromatic carbocycles. The summed E-state index contributed by atoms with van der Waals surface area (Å²) in [7, 11) is 5.18. The lowest BCUT2D eigenvalue weighted by Gasteiger charge is -2.14. The summed E-state index contributed by atoms with van der Waals surface area (Å²) in [4.78, 5) is 18.8. The van der Waals surface area contributed by atoms with E-state index < -0.39 is 0 Å². The maximum absolute atomic E-state index is 12.3. The fraction of sp³-hybridized carbons (Fsp3) is 0.238. The Balaban J connectivity index is 2.27. The third-order valence-corrected chi connectivity index (χ3v) is 5.69. The van der Waals surface area contributed by atoms with Crippen molar-refractivity contribution in [1.29, 1.82) is 0 Å². The van der Waals surface area contributed by atoms with E-state index in [0.717, 1.165) is 21.2 Å². The molecule has 2 rings (SSSR count). The maximum Gasteiger partial charge on any atom is 0.339 e. The number of methoxy groups -OCH3 is 1. The second-order valence-corrected chi connectivity index (χ2v) is 7.88. The zero-order valence-corrected chi connectivity index (χ0v) is 17.6. The van der Waals surface area contributed by atoms with Crippen LogP contribution in [0.5, 0.6) is 0 Å². The van der Waals surface area contributed by atoms with Gasteiger partial charge >= 0.3 is 5.97 Å². The molecule has 0 heterocycles. The zero-order valence-electron chi connectivity index (χ0n) is 16.0. The van der Waals surface area contributed by atoms with Gasteiger partial charge in [-0.1, -0.05) is 54.2 Å². The van der Waals surface area contributed by atoms with Gasteiger partial charge in [-0.05, 0) is 29.5 Å². The molecule has 2 aromatic rings. The van der Waals surface area contributed by atoms with E-state index in [4.69, 9.17) is 9.73 Å². The molecule has 0 radical (unpaired) electrons. The van der Waals surface area contributed by atoms with Crippen molar-refractivity contribution in [2.24, 2.45) is 4.99 Å². The van der Waals surface area contributed by atoms with Gasteiger partial charge in [0.05, 0.1) is 18.4 Å². The lowest BCUT2D eigenvalue weighted by atomic mass is 10.0. The minimum absolute atomic E-state index is 0.343. The summed E-state index contributed by atoms with van der Waals surface area (Å²) in [5.74, 6) is 0.369. The molecule has 0 aliphatic rings. The van der Waals surface area contributed by atoms with E-state index >= 15 is 0 Å². The van der Waals surface area contributed by atoms with Crippen molar-refractivity contribution in [3.8, 4) is 0 Å². The van der Waals surface area contributed by atoms with Crippen molar-refractivity contribution in [2.45, 2.75) is 5.75 Å². The normalized spacial score (nSPS) is 12.0. The van der Waals surface area contributed by atoms with Crippen LogP contribution in [0.4, 0.5) is 5.69 Å². The highest BCUT2D eigenvalue weighted by Crippen LogP contribution is 2.28. The number of benzene rings is 2. The van der Waals surface area contributed by atoms with E-state index in [1.165, 1.54) is 7.11 Å². The molecule has 0 bridgehead atoms. The third kappa shape index (κ3) is 6.48. The lowest BCUT2D eigenvalue weighted by molar-refractivity contribution is -0.133. The Morgan fingerprint density at radius 2 is 1.78 bits per heavy atom. The number of hydrogen-bond acceptors (Lipinski definition) is 6. The van der Waals surface area contributed by atoms with Crippen LogP contribution in [0.1, 0.15) is 11.1 Å². The third-order valence-electron chi connectivity index (χ3n) is 3.60. The average molecular weight is 401 g/mol. The topological polar surface area (TPSA) is 41.9 Å². The van der Waals surface area contributed by atoms with Gasteiger partial charge in [-0.15, -0.1) is 11.8 Å². The van der Waals surface area contributed by atoms with Crippen molar-refractivity contribution >= 4 is 45.1 Å². The summed E-state index contributed by atoms with van der Waals surface area (Å²) in [5.41, 5.74) is 3.43. The van der Waals surface area contributed by atoms with Gasteiger partial charge < -0.3 is 9.64 Å². The van der Waals surface area contributed by atoms with Crippen molar-refractivity contribution in [2.75, 3.05) is 27.5 Å². The number of thioether (sulfide) groups is 2. The second-order valence-electron chi connectivity index (χ2n) is 5.86. The molecule has 27 heavy (non-hydrogen) atoms. The van der Waals surface area contributed by atoms with Crippen LogP contribution >= 0.6 is 23.5 Å². The van der Waals surface area contributed by atoms with Crippen LogP contribution in [0.3, 0.4) is 0 Å². The molecule has 0 aliphatic carbocycles. The Labute approximate surface area is 169 Å². The quantitative estimate of drug-likeness (QED) is 0.294. The summed E-state index contributed by atoms with van der Waals surface area (Å²) in [5, 5.41) is 0. The van der Waals surface area contributed by atoms with Gasteiger partial charge in [0.1, 0.15) is 4.38 Å². The lowest BCUT2D eigenvalue weighted by Crippen LogP contribution is -2.11. The first kappa shape index (κ1) is 21.1. The van der Waals surface area contributed by atoms with Crippen LogP contribution in [0.15, 0.2) is 65.8 Å². The summed E-state index contributed by atoms with van der Waals surface area (Å²) in [6.07, 6.45) is 3.81. The van der Waals surface area contributed by atoms with E-state index in [-0.39, 0.29) is 5.97 Å². The fourth-order valence-electron chi connectivity index (χ4n) is 2.39. The number of esters is 1. The molecule has 0 atom stereocenters. The zero-order chi connectivity index (χ0) is 19.6. The van der Waals surface area contributed by atoms with Gasteiger partial charge in [-0.2, -0.15) is 0 Å². The van der Waals surface area contributed by atoms with Crippen molar-refractivity contribution < 1.29 is 9.53 Å². The number of nitrogens with zero attached hydrogens (tertiary/aromatic N) is 2. The molecular weight excluding hydrogens is 376 g/mol. The van der Waals surface area contributed by atoms with Crippen LogP contribution < -0.4 is 0 Å². The Hall–Kier alpha value is -2.18. The smallest absolute Gasteiger partial charge is 0.339 e. The van der Waals surface area contributed by atoms with Crippen molar-refractivity contribution in [3.05, 3.63) is 71.9 Å². The highest BCUT2D eigenvalue weighted by Gasteiger charge is 2.17. The SMILES string of the molecule is COC(=O)C(=CN(C)C)c1ccccc1CSC(=Nc1ccccc1)SC. The first-order chi connectivity index (χ1) is 13.0. The van der Waals surface area contributed by atoms with Gasteiger partial charge in [0.15, 0.2) is 0 Å². The Morgan fingerprint density at radius 1 is 1.11 bits per heavy atom. The molecule has 0 aliphatic heterocycles. The molecule has 0 saturated heterocycles. The summed E-state index contributed by atoms with van der Waals surface area (Å²) in [6.45, 7) is 0. The average Bonchev–Trinajstić information content (AvgIpc) is 2.69. The standard InChI is InChI=1S/C21H24N2O2S2/c1-23(2)14-19(20(24)25-3)18-13-9-8-10-16(18)15-27-21(26-4)22-17-11-6-5-7-12-17/h5-14H,15H2,1-4H3. The number of aliphatic imine (C=N–C) groups is 1. The Bertz CT molecular complexity index is 818. The summed E-state index contributed by atoms with van der Waals surface area (Å²) in [6, 6.07) is 17.8. The summed E-state index contributed by atoms with van der Waals surface area (Å²) >= 11 is 3.28. The van der Waals surface area contributed by atoms with Crippen molar-refractivity contribution in [3.63, 3.8) is 0 Å². The second kappa shape index (κ2) is 10.8. The predicted octanol–water partition coefficient (Wildman–Crippen LogP) is 5.05. The maximum atomic E-state index is 12.3. The molecule has 0 N–H and O–H groups in total. The summed E-state index contributed by atoms with van der Waals surface area (Å²) < 4.78 is 5.96. The molecule has 0 saturated carbocycles. The minimum Gasteiger partial charge on any atom is -0.465 e. The van der Waals surface area contributed by atoms with E-state index in [9.17, 15) is 4.79 Å². The van der Waals surface area contributed by atoms with E-state index in [0.29, 0.717) is 11.3 Å². The molecule has 0 unspecified atom stereocenters. The van der Waals surface area contributed by atoms with Crippen LogP contribution in [0, 0.1) is 0 Å². The Kier molecular flexibility index (Phi) is 8.48. The van der Waals surface area contributed by atoms with Crippen LogP contribution in [-0.4, -0.2) is 42.7 Å². The monoisotopic (exact) mass is 400 g/mol. The highest BCUT2D eigenvalue weighted by atomic mass is 32.2. The highest BCUT2D eigenvalue weighted by molar-refractivity contribution is 8.38. The van der Waals surface area contributed by atoms with Gasteiger partial charge in [0.2, 0.25) is 0 Å². The van der Waals surface area contributed by atoms with Gasteiger partial charge in [0, 0.05) is 26.0 Å². The molecule has 0 fully saturated rings. The largest absolute Gasteiger partial charge is 0.465 e. The molecule has 6 heteroatoms. The van der Waals surface area contributed by atoms with Gasteiger partial charge in [-0.25, -0.2) is 9.79 Å². The van der Waals surface area contributed by atoms with E-state index in [1.807, 2.05) is 79.8 Å². The first-order valence-corrected chi connectivity index (χ1v) is 10.6. The number of carbonyl (C=O) groups is 1. The van der Waals surface area contributed by atoms with Gasteiger partial charge in [0.25, 0.3) is 0 Å². The van der Waals surface area contributed by atoms with Crippen LogP contribution in [-0.2, 0) is 15.3 Å². The molecule has 0 aromatic heterocycles. The van der Waals surface area contributed by atoms with Crippen molar-refractivity contribution in [1.82, 2.24) is 4.90 Å². The minimum atomic E-state index is -0.343. The fourth-order valence-corrected chi connectivity index (χ4v) is 3.94. The Morgan fingerprint density at radius 3 is 2.41 bits per heavy atom. The number of carbonyl (C=O) groups excluding carboxylic acids is 1. The number of para-hydroxylation sites is 1. The van der Waals surface area contributed by atoms with E-state index in [2.05, 4.69) is 0 Å². The number of ether oxygens (including phenoxy) is 1. The number of hydrogen-bond donors (Lipinski definition) is 0. The molecule has 4 nitrogen and oxygen atoms in total. The van der Waals surface area contributed by atoms with Crippen LogP contribution in [0.2, 0.25) is 0 Å². The van der Waals surface area contributed by atoms with E-state index in [1.54, 1.807) is 29.7 Å². The van der Waals surface area contributed by atoms with Crippen LogP contribution in [0.25, 0.3) is 5.57 Å². The molecule has 0 spiro atoms.